The molecule has 1 aromatic heterocycles. The minimum absolute atomic E-state index is 0.333. The van der Waals surface area contributed by atoms with Crippen LogP contribution in [0.3, 0.4) is 0 Å². The Morgan fingerprint density at radius 2 is 2.33 bits per heavy atom. The summed E-state index contributed by atoms with van der Waals surface area (Å²) in [5, 5.41) is 0. The topological polar surface area (TPSA) is 17.1 Å². The number of thiophene rings is 1. The predicted molar refractivity (Wildman–Crippen MR) is 80.5 cm³/mol. The fourth-order valence-electron chi connectivity index (χ4n) is 2.09. The summed E-state index contributed by atoms with van der Waals surface area (Å²) in [5.41, 5.74) is 1.54. The summed E-state index contributed by atoms with van der Waals surface area (Å²) >= 11 is 3.48. The average molecular weight is 276 g/mol. The van der Waals surface area contributed by atoms with Gasteiger partial charge in [0, 0.05) is 10.5 Å². The molecule has 1 nitrogen and oxygen atoms in total. The molecule has 0 aromatic carbocycles. The summed E-state index contributed by atoms with van der Waals surface area (Å²) in [5.74, 6) is 0. The van der Waals surface area contributed by atoms with E-state index in [4.69, 9.17) is 0 Å². The van der Waals surface area contributed by atoms with Gasteiger partial charge >= 0.3 is 0 Å². The molecule has 1 aliphatic rings. The van der Waals surface area contributed by atoms with Crippen molar-refractivity contribution in [1.29, 1.82) is 0 Å². The normalized spacial score (nSPS) is 22.7. The molecular weight excluding hydrogens is 260 g/mol. The molecular formula is C15H16OS2. The van der Waals surface area contributed by atoms with Gasteiger partial charge in [-0.2, -0.15) is 0 Å². The van der Waals surface area contributed by atoms with Gasteiger partial charge in [0.05, 0.1) is 9.62 Å². The fourth-order valence-corrected chi connectivity index (χ4v) is 3.85. The molecule has 18 heavy (non-hydrogen) atoms. The Hall–Kier alpha value is -1.06. The van der Waals surface area contributed by atoms with Gasteiger partial charge in [-0.3, -0.25) is 4.79 Å². The molecule has 1 unspecified atom stereocenters. The molecule has 0 bridgehead atoms. The van der Waals surface area contributed by atoms with Crippen molar-refractivity contribution in [2.45, 2.75) is 23.0 Å². The van der Waals surface area contributed by atoms with E-state index in [0.717, 1.165) is 12.7 Å². The predicted octanol–water partition coefficient (Wildman–Crippen LogP) is 4.37. The summed E-state index contributed by atoms with van der Waals surface area (Å²) in [6.07, 6.45) is 10.1. The van der Waals surface area contributed by atoms with Crippen molar-refractivity contribution in [3.05, 3.63) is 53.0 Å². The third-order valence-corrected chi connectivity index (χ3v) is 5.66. The van der Waals surface area contributed by atoms with Crippen molar-refractivity contribution >= 4 is 29.4 Å². The lowest BCUT2D eigenvalue weighted by atomic mass is 9.74. The smallest absolute Gasteiger partial charge is 0.146 e. The molecule has 0 fully saturated rings. The number of allylic oxidation sites excluding steroid dienone is 5. The van der Waals surface area contributed by atoms with Gasteiger partial charge in [0.15, 0.2) is 0 Å². The SMILES string of the molecule is C=C(C=O)C1(c2ccc(SC)s2)C=CC(C)=CC1. The number of hydrogen-bond donors (Lipinski definition) is 0. The number of rotatable bonds is 4. The van der Waals surface area contributed by atoms with Gasteiger partial charge in [-0.05, 0) is 31.7 Å². The molecule has 3 heteroatoms. The Morgan fingerprint density at radius 1 is 1.56 bits per heavy atom. The lowest BCUT2D eigenvalue weighted by molar-refractivity contribution is -0.105. The van der Waals surface area contributed by atoms with E-state index in [9.17, 15) is 4.79 Å². The van der Waals surface area contributed by atoms with Gasteiger partial charge < -0.3 is 0 Å². The molecule has 0 N–H and O–H groups in total. The molecule has 1 heterocycles. The van der Waals surface area contributed by atoms with Gasteiger partial charge in [0.2, 0.25) is 0 Å². The summed E-state index contributed by atoms with van der Waals surface area (Å²) in [6.45, 7) is 6.03. The third-order valence-electron chi connectivity index (χ3n) is 3.31. The van der Waals surface area contributed by atoms with Crippen LogP contribution >= 0.6 is 23.1 Å². The number of carbonyl (C=O) groups is 1. The first-order valence-corrected chi connectivity index (χ1v) is 7.81. The van der Waals surface area contributed by atoms with Crippen LogP contribution in [0.5, 0.6) is 0 Å². The van der Waals surface area contributed by atoms with Crippen LogP contribution in [0.25, 0.3) is 0 Å². The van der Waals surface area contributed by atoms with Crippen LogP contribution in [0.4, 0.5) is 0 Å². The number of hydrogen-bond acceptors (Lipinski definition) is 3. The van der Waals surface area contributed by atoms with E-state index >= 15 is 0 Å². The maximum Gasteiger partial charge on any atom is 0.146 e. The maximum absolute atomic E-state index is 11.2. The quantitative estimate of drug-likeness (QED) is 0.461. The average Bonchev–Trinajstić information content (AvgIpc) is 2.88. The first kappa shape index (κ1) is 13.4. The molecule has 2 rings (SSSR count). The van der Waals surface area contributed by atoms with Crippen LogP contribution in [0.2, 0.25) is 0 Å². The van der Waals surface area contributed by atoms with E-state index in [1.807, 2.05) is 0 Å². The van der Waals surface area contributed by atoms with Crippen LogP contribution in [0.15, 0.2) is 52.3 Å². The fraction of sp³-hybridized carbons (Fsp3) is 0.267. The van der Waals surface area contributed by atoms with Gasteiger partial charge in [0.1, 0.15) is 6.29 Å². The van der Waals surface area contributed by atoms with Gasteiger partial charge in [-0.1, -0.05) is 30.4 Å². The zero-order valence-electron chi connectivity index (χ0n) is 10.6. The van der Waals surface area contributed by atoms with E-state index in [0.29, 0.717) is 5.57 Å². The molecule has 0 spiro atoms. The van der Waals surface area contributed by atoms with Crippen molar-refractivity contribution < 1.29 is 4.79 Å². The Morgan fingerprint density at radius 3 is 2.83 bits per heavy atom. The molecule has 0 saturated carbocycles. The van der Waals surface area contributed by atoms with Gasteiger partial charge in [0.25, 0.3) is 0 Å². The van der Waals surface area contributed by atoms with Gasteiger partial charge in [-0.25, -0.2) is 0 Å². The zero-order valence-corrected chi connectivity index (χ0v) is 12.2. The molecule has 0 aliphatic heterocycles. The molecule has 0 amide bonds. The van der Waals surface area contributed by atoms with Crippen molar-refractivity contribution in [3.8, 4) is 0 Å². The van der Waals surface area contributed by atoms with E-state index in [1.165, 1.54) is 14.7 Å². The monoisotopic (exact) mass is 276 g/mol. The molecule has 1 atom stereocenters. The second-order valence-electron chi connectivity index (χ2n) is 4.42. The largest absolute Gasteiger partial charge is 0.298 e. The van der Waals surface area contributed by atoms with Crippen molar-refractivity contribution in [1.82, 2.24) is 0 Å². The summed E-state index contributed by atoms with van der Waals surface area (Å²) in [7, 11) is 0. The van der Waals surface area contributed by atoms with Crippen LogP contribution in [0, 0.1) is 0 Å². The minimum atomic E-state index is -0.333. The lowest BCUT2D eigenvalue weighted by Crippen LogP contribution is -2.26. The van der Waals surface area contributed by atoms with E-state index in [2.05, 4.69) is 50.1 Å². The zero-order chi connectivity index (χ0) is 13.2. The molecule has 1 aliphatic carbocycles. The minimum Gasteiger partial charge on any atom is -0.298 e. The molecule has 0 radical (unpaired) electrons. The summed E-state index contributed by atoms with van der Waals surface area (Å²) in [4.78, 5) is 12.4. The highest BCUT2D eigenvalue weighted by atomic mass is 32.2. The van der Waals surface area contributed by atoms with Crippen LogP contribution < -0.4 is 0 Å². The Labute approximate surface area is 116 Å². The Balaban J connectivity index is 2.47. The maximum atomic E-state index is 11.2. The summed E-state index contributed by atoms with van der Waals surface area (Å²) < 4.78 is 1.27. The number of carbonyl (C=O) groups excluding carboxylic acids is 1. The first-order chi connectivity index (χ1) is 8.62. The highest BCUT2D eigenvalue weighted by Gasteiger charge is 2.34. The van der Waals surface area contributed by atoms with E-state index in [-0.39, 0.29) is 5.41 Å². The van der Waals surface area contributed by atoms with Crippen LogP contribution in [-0.4, -0.2) is 12.5 Å². The highest BCUT2D eigenvalue weighted by molar-refractivity contribution is 8.00. The van der Waals surface area contributed by atoms with E-state index < -0.39 is 0 Å². The molecule has 1 aromatic rings. The third kappa shape index (κ3) is 2.25. The number of thioether (sulfide) groups is 1. The van der Waals surface area contributed by atoms with Crippen LogP contribution in [-0.2, 0) is 10.2 Å². The van der Waals surface area contributed by atoms with E-state index in [1.54, 1.807) is 23.1 Å². The second kappa shape index (κ2) is 5.29. The van der Waals surface area contributed by atoms with Crippen LogP contribution in [0.1, 0.15) is 18.2 Å². The highest BCUT2D eigenvalue weighted by Crippen LogP contribution is 2.43. The lowest BCUT2D eigenvalue weighted by Gasteiger charge is -2.31. The Kier molecular flexibility index (Phi) is 3.93. The molecule has 94 valence electrons. The Bertz CT molecular complexity index is 536. The molecule has 0 saturated heterocycles. The standard InChI is InChI=1S/C15H16OS2/c1-11-6-8-15(9-7-11,12(2)10-16)13-4-5-14(17-3)18-13/h4-8,10H,2,9H2,1,3H3. The van der Waals surface area contributed by atoms with Crippen molar-refractivity contribution in [3.63, 3.8) is 0 Å². The van der Waals surface area contributed by atoms with Crippen molar-refractivity contribution in [2.75, 3.05) is 6.26 Å². The summed E-state index contributed by atoms with van der Waals surface area (Å²) in [6, 6.07) is 4.23. The number of aldehydes is 1. The van der Waals surface area contributed by atoms with Crippen molar-refractivity contribution in [2.24, 2.45) is 0 Å². The first-order valence-electron chi connectivity index (χ1n) is 5.77. The second-order valence-corrected chi connectivity index (χ2v) is 6.61. The van der Waals surface area contributed by atoms with Gasteiger partial charge in [-0.15, -0.1) is 23.1 Å².